The van der Waals surface area contributed by atoms with E-state index in [-0.39, 0.29) is 24.2 Å². The fraction of sp³-hybridized carbons (Fsp3) is 0.700. The van der Waals surface area contributed by atoms with Gasteiger partial charge in [0.1, 0.15) is 0 Å². The number of hydrogen-bond donors (Lipinski definition) is 1. The molecule has 0 heterocycles. The Morgan fingerprint density at radius 3 is 2.18 bits per heavy atom. The van der Waals surface area contributed by atoms with Gasteiger partial charge in [0.25, 0.3) is 0 Å². The molecule has 17 heavy (non-hydrogen) atoms. The van der Waals surface area contributed by atoms with E-state index in [0.29, 0.717) is 0 Å². The molecule has 0 aliphatic rings. The summed E-state index contributed by atoms with van der Waals surface area (Å²) in [6.07, 6.45) is 1.55. The largest absolute Gasteiger partial charge is 0.358 e. The minimum Gasteiger partial charge on any atom is -0.338 e. The van der Waals surface area contributed by atoms with Crippen LogP contribution < -0.4 is 5.32 Å². The second-order valence-corrected chi connectivity index (χ2v) is 5.70. The highest BCUT2D eigenvalue weighted by Gasteiger charge is 2.38. The quantitative estimate of drug-likeness (QED) is 0.730. The number of amides is 1. The molecular formula is C10H19ClNO4P. The zero-order chi connectivity index (χ0) is 13.5. The average Bonchev–Trinajstić information content (AvgIpc) is 2.25. The number of halogens is 1. The normalized spacial score (nSPS) is 14.5. The Balaban J connectivity index is 5.20. The summed E-state index contributed by atoms with van der Waals surface area (Å²) in [5.74, 6) is -1.30. The van der Waals surface area contributed by atoms with Crippen molar-refractivity contribution in [2.75, 3.05) is 13.2 Å². The molecule has 1 amide bonds. The minimum absolute atomic E-state index is 0.210. The molecule has 0 aromatic heterocycles. The molecule has 5 nitrogen and oxygen atoms in total. The van der Waals surface area contributed by atoms with E-state index in [9.17, 15) is 9.36 Å². The van der Waals surface area contributed by atoms with Gasteiger partial charge in [0.05, 0.1) is 13.2 Å². The molecule has 0 fully saturated rings. The molecule has 1 N–H and O–H groups in total. The van der Waals surface area contributed by atoms with Crippen LogP contribution >= 0.6 is 19.2 Å². The van der Waals surface area contributed by atoms with Gasteiger partial charge in [0.15, 0.2) is 5.78 Å². The van der Waals surface area contributed by atoms with Crippen molar-refractivity contribution in [2.45, 2.75) is 33.5 Å². The Morgan fingerprint density at radius 2 is 1.88 bits per heavy atom. The summed E-state index contributed by atoms with van der Waals surface area (Å²) < 4.78 is 22.8. The third kappa shape index (κ3) is 5.21. The van der Waals surface area contributed by atoms with Crippen LogP contribution in [0.3, 0.4) is 0 Å². The van der Waals surface area contributed by atoms with Crippen LogP contribution in [-0.4, -0.2) is 24.9 Å². The van der Waals surface area contributed by atoms with Crippen LogP contribution in [0.1, 0.15) is 27.7 Å². The van der Waals surface area contributed by atoms with Crippen molar-refractivity contribution >= 4 is 25.1 Å². The molecule has 1 unspecified atom stereocenters. The van der Waals surface area contributed by atoms with Gasteiger partial charge in [-0.05, 0) is 20.8 Å². The summed E-state index contributed by atoms with van der Waals surface area (Å²) in [6.45, 7) is 6.80. The lowest BCUT2D eigenvalue weighted by molar-refractivity contribution is -0.119. The molecule has 0 aromatic carbocycles. The highest BCUT2D eigenvalue weighted by Crippen LogP contribution is 2.54. The van der Waals surface area contributed by atoms with Crippen LogP contribution in [0.4, 0.5) is 0 Å². The van der Waals surface area contributed by atoms with Gasteiger partial charge >= 0.3 is 7.60 Å². The Labute approximate surface area is 107 Å². The molecule has 0 rings (SSSR count). The summed E-state index contributed by atoms with van der Waals surface area (Å²) in [5.41, 5.74) is 0. The van der Waals surface area contributed by atoms with Crippen molar-refractivity contribution in [3.8, 4) is 0 Å². The highest BCUT2D eigenvalue weighted by atomic mass is 35.5. The van der Waals surface area contributed by atoms with E-state index in [2.05, 4.69) is 5.32 Å². The fourth-order valence-electron chi connectivity index (χ4n) is 1.20. The van der Waals surface area contributed by atoms with Crippen molar-refractivity contribution in [3.05, 3.63) is 11.1 Å². The van der Waals surface area contributed by atoms with Crippen molar-refractivity contribution < 1.29 is 18.4 Å². The maximum atomic E-state index is 12.5. The summed E-state index contributed by atoms with van der Waals surface area (Å²) in [7, 11) is -3.49. The smallest absolute Gasteiger partial charge is 0.338 e. The minimum atomic E-state index is -3.49. The second-order valence-electron chi connectivity index (χ2n) is 3.15. The molecular weight excluding hydrogens is 265 g/mol. The van der Waals surface area contributed by atoms with Crippen LogP contribution in [0, 0.1) is 0 Å². The number of hydrogen-bond acceptors (Lipinski definition) is 4. The van der Waals surface area contributed by atoms with E-state index in [1.165, 1.54) is 6.92 Å². The Morgan fingerprint density at radius 1 is 1.41 bits per heavy atom. The number of carbonyl (C=O) groups excluding carboxylic acids is 1. The van der Waals surface area contributed by atoms with Crippen LogP contribution in [0.15, 0.2) is 11.1 Å². The zero-order valence-electron chi connectivity index (χ0n) is 10.5. The standard InChI is InChI=1S/C10H19ClNO4P/c1-5-9(11)10(12-8(4)13)17(14,15-6-2)16-7-3/h5,10H,6-7H2,1-4H3,(H,12,13)/b9-5-. The number of allylic oxidation sites excluding steroid dienone is 1. The number of rotatable bonds is 7. The van der Waals surface area contributed by atoms with E-state index in [1.807, 2.05) is 0 Å². The van der Waals surface area contributed by atoms with Gasteiger partial charge in [0, 0.05) is 12.0 Å². The van der Waals surface area contributed by atoms with Crippen LogP contribution in [-0.2, 0) is 18.4 Å². The lowest BCUT2D eigenvalue weighted by atomic mass is 10.5. The van der Waals surface area contributed by atoms with E-state index in [4.69, 9.17) is 20.6 Å². The van der Waals surface area contributed by atoms with Gasteiger partial charge in [0.2, 0.25) is 5.91 Å². The summed E-state index contributed by atoms with van der Waals surface area (Å²) in [6, 6.07) is 0. The summed E-state index contributed by atoms with van der Waals surface area (Å²) >= 11 is 5.95. The average molecular weight is 284 g/mol. The molecule has 0 aromatic rings. The molecule has 0 saturated heterocycles. The number of carbonyl (C=O) groups is 1. The first-order chi connectivity index (χ1) is 7.91. The Hall–Kier alpha value is -0.350. The van der Waals surface area contributed by atoms with Gasteiger partial charge in [-0.15, -0.1) is 0 Å². The number of nitrogens with one attached hydrogen (secondary N) is 1. The first-order valence-electron chi connectivity index (χ1n) is 5.38. The maximum absolute atomic E-state index is 12.5. The van der Waals surface area contributed by atoms with Crippen molar-refractivity contribution in [1.82, 2.24) is 5.32 Å². The summed E-state index contributed by atoms with van der Waals surface area (Å²) in [4.78, 5) is 11.1. The van der Waals surface area contributed by atoms with E-state index in [1.54, 1.807) is 26.8 Å². The molecule has 0 aliphatic heterocycles. The SMILES string of the molecule is C/C=C(\Cl)C(NC(C)=O)P(=O)(OCC)OCC. The molecule has 0 saturated carbocycles. The molecule has 0 radical (unpaired) electrons. The van der Waals surface area contributed by atoms with Gasteiger partial charge in [-0.25, -0.2) is 0 Å². The monoisotopic (exact) mass is 283 g/mol. The topological polar surface area (TPSA) is 64.6 Å². The molecule has 1 atom stereocenters. The third-order valence-corrected chi connectivity index (χ3v) is 4.68. The van der Waals surface area contributed by atoms with Crippen LogP contribution in [0.5, 0.6) is 0 Å². The van der Waals surface area contributed by atoms with E-state index in [0.717, 1.165) is 0 Å². The molecule has 0 spiro atoms. The molecule has 100 valence electrons. The molecule has 0 bridgehead atoms. The van der Waals surface area contributed by atoms with Gasteiger partial charge in [-0.1, -0.05) is 17.7 Å². The first kappa shape index (κ1) is 16.6. The van der Waals surface area contributed by atoms with Crippen LogP contribution in [0.2, 0.25) is 0 Å². The van der Waals surface area contributed by atoms with Gasteiger partial charge in [-0.2, -0.15) is 0 Å². The summed E-state index contributed by atoms with van der Waals surface area (Å²) in [5, 5.41) is 2.72. The first-order valence-corrected chi connectivity index (χ1v) is 7.37. The van der Waals surface area contributed by atoms with Crippen molar-refractivity contribution in [3.63, 3.8) is 0 Å². The Kier molecular flexibility index (Phi) is 7.71. The highest BCUT2D eigenvalue weighted by molar-refractivity contribution is 7.55. The van der Waals surface area contributed by atoms with E-state index >= 15 is 0 Å². The Bertz CT molecular complexity index is 322. The molecule has 0 aliphatic carbocycles. The third-order valence-electron chi connectivity index (χ3n) is 1.81. The van der Waals surface area contributed by atoms with Gasteiger partial charge < -0.3 is 14.4 Å². The van der Waals surface area contributed by atoms with Gasteiger partial charge in [-0.3, -0.25) is 9.36 Å². The fourth-order valence-corrected chi connectivity index (χ4v) is 3.49. The predicted octanol–water partition coefficient (Wildman–Crippen LogP) is 2.86. The lowest BCUT2D eigenvalue weighted by Gasteiger charge is -2.26. The van der Waals surface area contributed by atoms with Crippen LogP contribution in [0.25, 0.3) is 0 Å². The molecule has 7 heteroatoms. The predicted molar refractivity (Wildman–Crippen MR) is 68.1 cm³/mol. The zero-order valence-corrected chi connectivity index (χ0v) is 12.2. The second kappa shape index (κ2) is 7.88. The van der Waals surface area contributed by atoms with Crippen molar-refractivity contribution in [2.24, 2.45) is 0 Å². The van der Waals surface area contributed by atoms with E-state index < -0.39 is 13.4 Å². The van der Waals surface area contributed by atoms with Crippen molar-refractivity contribution in [1.29, 1.82) is 0 Å². The maximum Gasteiger partial charge on any atom is 0.358 e. The lowest BCUT2D eigenvalue weighted by Crippen LogP contribution is -2.34.